The molecule has 4 rings (SSSR count). The average molecular weight is 493 g/mol. The maximum atomic E-state index is 12.8. The minimum Gasteiger partial charge on any atom is -0.466 e. The number of esters is 1. The lowest BCUT2D eigenvalue weighted by Crippen LogP contribution is -2.68. The third-order valence-corrected chi connectivity index (χ3v) is 13.0. The van der Waals surface area contributed by atoms with Crippen molar-refractivity contribution < 1.29 is 19.1 Å². The zero-order valence-corrected chi connectivity index (χ0v) is 22.7. The first-order chi connectivity index (χ1) is 16.7. The van der Waals surface area contributed by atoms with E-state index in [1.807, 2.05) is 13.8 Å². The molecule has 2 aromatic carbocycles. The van der Waals surface area contributed by atoms with Crippen LogP contribution in [-0.2, 0) is 14.0 Å². The number of carbonyl (C=O) groups is 1. The number of allylic oxidation sites excluding steroid dienone is 2. The monoisotopic (exact) mass is 492 g/mol. The van der Waals surface area contributed by atoms with E-state index in [0.717, 1.165) is 6.42 Å². The van der Waals surface area contributed by atoms with Crippen LogP contribution in [0.5, 0.6) is 0 Å². The molecule has 0 saturated heterocycles. The summed E-state index contributed by atoms with van der Waals surface area (Å²) in [6, 6.07) is 21.3. The summed E-state index contributed by atoms with van der Waals surface area (Å²) >= 11 is 0. The normalized spacial score (nSPS) is 28.9. The highest BCUT2D eigenvalue weighted by atomic mass is 28.4. The maximum absolute atomic E-state index is 12.8. The number of carbonyl (C=O) groups excluding carboxylic acids is 1. The van der Waals surface area contributed by atoms with Crippen LogP contribution in [-0.4, -0.2) is 38.2 Å². The summed E-state index contributed by atoms with van der Waals surface area (Å²) in [5, 5.41) is 13.8. The van der Waals surface area contributed by atoms with Gasteiger partial charge >= 0.3 is 5.97 Å². The van der Waals surface area contributed by atoms with E-state index in [1.165, 1.54) is 10.4 Å². The predicted octanol–water partition coefficient (Wildman–Crippen LogP) is 4.70. The summed E-state index contributed by atoms with van der Waals surface area (Å²) in [6.45, 7) is 11.1. The van der Waals surface area contributed by atoms with Crippen molar-refractivity contribution in [2.24, 2.45) is 23.7 Å². The number of benzene rings is 2. The Bertz CT molecular complexity index is 974. The van der Waals surface area contributed by atoms with E-state index in [2.05, 4.69) is 93.6 Å². The van der Waals surface area contributed by atoms with Crippen LogP contribution >= 0.6 is 0 Å². The molecule has 188 valence electrons. The molecule has 2 aliphatic rings. The molecule has 6 atom stereocenters. The first-order valence-corrected chi connectivity index (χ1v) is 14.9. The van der Waals surface area contributed by atoms with E-state index in [0.29, 0.717) is 13.0 Å². The highest BCUT2D eigenvalue weighted by Crippen LogP contribution is 2.46. The number of aliphatic hydroxyl groups is 1. The molecule has 1 saturated carbocycles. The molecule has 4 nitrogen and oxygen atoms in total. The molecule has 1 fully saturated rings. The number of hydrogen-bond donors (Lipinski definition) is 1. The van der Waals surface area contributed by atoms with Gasteiger partial charge < -0.3 is 14.3 Å². The fourth-order valence-corrected chi connectivity index (χ4v) is 11.1. The Morgan fingerprint density at radius 1 is 0.971 bits per heavy atom. The number of rotatable bonds is 6. The molecular weight excluding hydrogens is 452 g/mol. The van der Waals surface area contributed by atoms with Crippen LogP contribution in [0.2, 0.25) is 5.04 Å². The van der Waals surface area contributed by atoms with E-state index >= 15 is 0 Å². The molecule has 0 amide bonds. The SMILES string of the molecule is CCOC(=O)[C@@H]1C2C(C=C[C@@H]1C)C[C@@H](O[Si](c1ccccc1)(c1ccccc1)C(C)(C)C)C[C@@H]2O. The Balaban J connectivity index is 1.71. The van der Waals surface area contributed by atoms with E-state index in [1.54, 1.807) is 0 Å². The van der Waals surface area contributed by atoms with Gasteiger partial charge in [0.25, 0.3) is 8.32 Å². The molecule has 0 spiro atoms. The fraction of sp³-hybridized carbons (Fsp3) is 0.500. The highest BCUT2D eigenvalue weighted by Gasteiger charge is 2.54. The zero-order chi connectivity index (χ0) is 25.2. The topological polar surface area (TPSA) is 55.8 Å². The van der Waals surface area contributed by atoms with Gasteiger partial charge in [0.1, 0.15) is 0 Å². The van der Waals surface area contributed by atoms with Crippen LogP contribution in [0.1, 0.15) is 47.5 Å². The van der Waals surface area contributed by atoms with E-state index in [-0.39, 0.29) is 40.8 Å². The van der Waals surface area contributed by atoms with Crippen LogP contribution in [0.3, 0.4) is 0 Å². The second kappa shape index (κ2) is 10.4. The molecular formula is C30H40O4Si. The van der Waals surface area contributed by atoms with Gasteiger partial charge in [-0.05, 0) is 47.0 Å². The second-order valence-corrected chi connectivity index (χ2v) is 15.5. The van der Waals surface area contributed by atoms with E-state index < -0.39 is 14.4 Å². The summed E-state index contributed by atoms with van der Waals surface area (Å²) in [6.07, 6.45) is 4.95. The van der Waals surface area contributed by atoms with Crippen molar-refractivity contribution in [3.8, 4) is 0 Å². The van der Waals surface area contributed by atoms with Crippen molar-refractivity contribution in [2.75, 3.05) is 6.61 Å². The standard InChI is InChI=1S/C30H40O4Si/c1-6-33-29(32)27-21(2)17-18-22-19-23(20-26(31)28(22)27)34-35(30(3,4)5,24-13-9-7-10-14-24)25-15-11-8-12-16-25/h7-18,21-23,26-28,31H,6,19-20H2,1-5H3/t21-,22?,23+,26-,27-,28?/m0/s1. The van der Waals surface area contributed by atoms with Gasteiger partial charge in [0.2, 0.25) is 0 Å². The maximum Gasteiger partial charge on any atom is 0.309 e. The molecule has 0 aromatic heterocycles. The fourth-order valence-electron chi connectivity index (χ4n) is 6.42. The van der Waals surface area contributed by atoms with Gasteiger partial charge in [-0.2, -0.15) is 0 Å². The first kappa shape index (κ1) is 25.9. The van der Waals surface area contributed by atoms with Gasteiger partial charge in [-0.25, -0.2) is 0 Å². The molecule has 2 aliphatic carbocycles. The average Bonchev–Trinajstić information content (AvgIpc) is 2.83. The Morgan fingerprint density at radius 3 is 2.06 bits per heavy atom. The van der Waals surface area contributed by atoms with Gasteiger partial charge in [-0.15, -0.1) is 0 Å². The van der Waals surface area contributed by atoms with E-state index in [9.17, 15) is 9.90 Å². The van der Waals surface area contributed by atoms with Crippen LogP contribution in [0.25, 0.3) is 0 Å². The minimum atomic E-state index is -2.71. The van der Waals surface area contributed by atoms with Crippen molar-refractivity contribution in [2.45, 2.75) is 64.7 Å². The molecule has 0 bridgehead atoms. The van der Waals surface area contributed by atoms with Crippen LogP contribution in [0.15, 0.2) is 72.8 Å². The molecule has 2 unspecified atom stereocenters. The third-order valence-electron chi connectivity index (χ3n) is 7.94. The number of aliphatic hydroxyl groups excluding tert-OH is 1. The minimum absolute atomic E-state index is 0.0547. The van der Waals surface area contributed by atoms with Gasteiger partial charge in [-0.3, -0.25) is 4.79 Å². The second-order valence-electron chi connectivity index (χ2n) is 11.2. The third kappa shape index (κ3) is 4.91. The highest BCUT2D eigenvalue weighted by molar-refractivity contribution is 6.99. The lowest BCUT2D eigenvalue weighted by molar-refractivity contribution is -0.158. The Kier molecular flexibility index (Phi) is 7.70. The molecule has 2 aromatic rings. The van der Waals surface area contributed by atoms with Crippen molar-refractivity contribution in [3.63, 3.8) is 0 Å². The zero-order valence-electron chi connectivity index (χ0n) is 21.7. The summed E-state index contributed by atoms with van der Waals surface area (Å²) in [5.74, 6) is -0.488. The Labute approximate surface area is 211 Å². The quantitative estimate of drug-likeness (QED) is 0.361. The summed E-state index contributed by atoms with van der Waals surface area (Å²) < 4.78 is 12.7. The number of ether oxygens (including phenoxy) is 1. The van der Waals surface area contributed by atoms with Crippen molar-refractivity contribution in [3.05, 3.63) is 72.8 Å². The first-order valence-electron chi connectivity index (χ1n) is 13.0. The van der Waals surface area contributed by atoms with Gasteiger partial charge in [-0.1, -0.05) is 101 Å². The summed E-state index contributed by atoms with van der Waals surface area (Å²) in [4.78, 5) is 12.8. The van der Waals surface area contributed by atoms with Crippen molar-refractivity contribution in [1.29, 1.82) is 0 Å². The van der Waals surface area contributed by atoms with Crippen LogP contribution < -0.4 is 10.4 Å². The van der Waals surface area contributed by atoms with E-state index in [4.69, 9.17) is 9.16 Å². The molecule has 5 heteroatoms. The molecule has 0 radical (unpaired) electrons. The Morgan fingerprint density at radius 2 is 1.54 bits per heavy atom. The van der Waals surface area contributed by atoms with Crippen LogP contribution in [0.4, 0.5) is 0 Å². The van der Waals surface area contributed by atoms with Gasteiger partial charge in [0, 0.05) is 12.0 Å². The molecule has 0 heterocycles. The van der Waals surface area contributed by atoms with Gasteiger partial charge in [0.15, 0.2) is 0 Å². The summed E-state index contributed by atoms with van der Waals surface area (Å²) in [7, 11) is -2.71. The smallest absolute Gasteiger partial charge is 0.309 e. The van der Waals surface area contributed by atoms with Crippen molar-refractivity contribution in [1.82, 2.24) is 0 Å². The molecule has 0 aliphatic heterocycles. The van der Waals surface area contributed by atoms with Crippen molar-refractivity contribution >= 4 is 24.7 Å². The number of fused-ring (bicyclic) bond motifs is 1. The molecule has 35 heavy (non-hydrogen) atoms. The lowest BCUT2D eigenvalue weighted by atomic mass is 9.63. The van der Waals surface area contributed by atoms with Crippen LogP contribution in [0, 0.1) is 23.7 Å². The largest absolute Gasteiger partial charge is 0.466 e. The number of hydrogen-bond acceptors (Lipinski definition) is 4. The lowest BCUT2D eigenvalue weighted by Gasteiger charge is -2.50. The Hall–Kier alpha value is -2.21. The summed E-state index contributed by atoms with van der Waals surface area (Å²) in [5.41, 5.74) is 0. The molecule has 1 N–H and O–H groups in total. The van der Waals surface area contributed by atoms with Gasteiger partial charge in [0.05, 0.1) is 18.6 Å². The predicted molar refractivity (Wildman–Crippen MR) is 143 cm³/mol.